The Bertz CT molecular complexity index is 900. The molecule has 0 saturated heterocycles. The first-order valence-corrected chi connectivity index (χ1v) is 9.10. The van der Waals surface area contributed by atoms with Crippen LogP contribution in [0.5, 0.6) is 0 Å². The number of rotatable bonds is 5. The van der Waals surface area contributed by atoms with Crippen molar-refractivity contribution >= 4 is 17.5 Å². The van der Waals surface area contributed by atoms with Gasteiger partial charge in [-0.3, -0.25) is 9.36 Å². The number of hydrogen-bond donors (Lipinski definition) is 0. The van der Waals surface area contributed by atoms with Crippen molar-refractivity contribution in [2.24, 2.45) is 0 Å². The number of carbonyl (C=O) groups excluding carboxylic acids is 1. The number of aromatic nitrogens is 3. The molecule has 0 radical (unpaired) electrons. The summed E-state index contributed by atoms with van der Waals surface area (Å²) in [6.45, 7) is 7.91. The summed E-state index contributed by atoms with van der Waals surface area (Å²) in [5.41, 5.74) is 4.06. The molecule has 0 spiro atoms. The van der Waals surface area contributed by atoms with Gasteiger partial charge in [-0.1, -0.05) is 53.7 Å². The van der Waals surface area contributed by atoms with E-state index in [2.05, 4.69) is 29.3 Å². The molecule has 2 aromatic carbocycles. The van der Waals surface area contributed by atoms with Crippen molar-refractivity contribution in [1.82, 2.24) is 14.8 Å². The van der Waals surface area contributed by atoms with Gasteiger partial charge < -0.3 is 0 Å². The Morgan fingerprint density at radius 2 is 1.72 bits per heavy atom. The van der Waals surface area contributed by atoms with Gasteiger partial charge in [0.15, 0.2) is 10.9 Å². The van der Waals surface area contributed by atoms with E-state index in [1.807, 2.05) is 61.7 Å². The molecule has 0 aliphatic rings. The molecule has 1 heterocycles. The number of carbonyl (C=O) groups is 1. The number of thioether (sulfide) groups is 1. The predicted molar refractivity (Wildman–Crippen MR) is 102 cm³/mol. The van der Waals surface area contributed by atoms with Crippen molar-refractivity contribution in [3.05, 3.63) is 71.0 Å². The van der Waals surface area contributed by atoms with E-state index in [0.29, 0.717) is 0 Å². The molecule has 0 saturated carbocycles. The van der Waals surface area contributed by atoms with Crippen molar-refractivity contribution < 1.29 is 4.79 Å². The Hall–Kier alpha value is -2.40. The lowest BCUT2D eigenvalue weighted by Gasteiger charge is -2.13. The van der Waals surface area contributed by atoms with Gasteiger partial charge in [-0.15, -0.1) is 10.2 Å². The largest absolute Gasteiger partial charge is 0.293 e. The molecule has 128 valence electrons. The zero-order valence-electron chi connectivity index (χ0n) is 14.9. The minimum absolute atomic E-state index is 0.0986. The summed E-state index contributed by atoms with van der Waals surface area (Å²) in [6.07, 6.45) is 0. The van der Waals surface area contributed by atoms with Gasteiger partial charge in [0.25, 0.3) is 0 Å². The number of ketones is 1. The second-order valence-electron chi connectivity index (χ2n) is 6.19. The molecule has 0 N–H and O–H groups in total. The Morgan fingerprint density at radius 1 is 1.00 bits per heavy atom. The van der Waals surface area contributed by atoms with Gasteiger partial charge in [-0.2, -0.15) is 0 Å². The molecule has 25 heavy (non-hydrogen) atoms. The average molecular weight is 351 g/mol. The summed E-state index contributed by atoms with van der Waals surface area (Å²) in [4.78, 5) is 12.7. The quantitative estimate of drug-likeness (QED) is 0.499. The van der Waals surface area contributed by atoms with Crippen molar-refractivity contribution in [2.75, 3.05) is 0 Å². The molecule has 0 aliphatic heterocycles. The van der Waals surface area contributed by atoms with Gasteiger partial charge in [0.05, 0.1) is 5.25 Å². The highest BCUT2D eigenvalue weighted by Gasteiger charge is 2.21. The van der Waals surface area contributed by atoms with Crippen molar-refractivity contribution in [2.45, 2.75) is 38.1 Å². The monoisotopic (exact) mass is 351 g/mol. The Labute approximate surface area is 152 Å². The van der Waals surface area contributed by atoms with E-state index in [9.17, 15) is 4.79 Å². The molecule has 5 heteroatoms. The summed E-state index contributed by atoms with van der Waals surface area (Å²) in [5, 5.41) is 8.97. The molecule has 3 aromatic rings. The smallest absolute Gasteiger partial charge is 0.196 e. The Kier molecular flexibility index (Phi) is 5.04. The van der Waals surface area contributed by atoms with Crippen LogP contribution in [0.1, 0.15) is 34.2 Å². The first-order chi connectivity index (χ1) is 12.0. The topological polar surface area (TPSA) is 47.8 Å². The summed E-state index contributed by atoms with van der Waals surface area (Å²) in [7, 11) is 0. The Morgan fingerprint density at radius 3 is 2.40 bits per heavy atom. The van der Waals surface area contributed by atoms with Crippen LogP contribution in [0.4, 0.5) is 0 Å². The highest BCUT2D eigenvalue weighted by atomic mass is 32.2. The zero-order chi connectivity index (χ0) is 18.0. The fourth-order valence-corrected chi connectivity index (χ4v) is 3.64. The third-order valence-electron chi connectivity index (χ3n) is 4.04. The summed E-state index contributed by atoms with van der Waals surface area (Å²) in [5.74, 6) is 0.907. The van der Waals surface area contributed by atoms with Crippen molar-refractivity contribution in [3.8, 4) is 5.69 Å². The van der Waals surface area contributed by atoms with Gasteiger partial charge in [0.1, 0.15) is 5.82 Å². The lowest BCUT2D eigenvalue weighted by atomic mass is 10.1. The van der Waals surface area contributed by atoms with Crippen LogP contribution in [0.25, 0.3) is 5.69 Å². The lowest BCUT2D eigenvalue weighted by molar-refractivity contribution is 0.0994. The van der Waals surface area contributed by atoms with Gasteiger partial charge in [-0.25, -0.2) is 0 Å². The average Bonchev–Trinajstić information content (AvgIpc) is 2.95. The van der Waals surface area contributed by atoms with Gasteiger partial charge in [0, 0.05) is 11.3 Å². The molecule has 1 aromatic heterocycles. The van der Waals surface area contributed by atoms with E-state index in [1.165, 1.54) is 17.3 Å². The van der Waals surface area contributed by atoms with E-state index in [-0.39, 0.29) is 11.0 Å². The van der Waals surface area contributed by atoms with Crippen molar-refractivity contribution in [1.29, 1.82) is 0 Å². The van der Waals surface area contributed by atoms with Gasteiger partial charge in [0.2, 0.25) is 0 Å². The molecule has 0 unspecified atom stereocenters. The SMILES string of the molecule is Cc1ccc(C(=O)[C@@H](C)Sc2nnc(C)n2-c2cccc(C)c2)cc1. The van der Waals surface area contributed by atoms with E-state index in [0.717, 1.165) is 27.8 Å². The van der Waals surface area contributed by atoms with Crippen LogP contribution < -0.4 is 0 Å². The Balaban J connectivity index is 1.86. The van der Waals surface area contributed by atoms with Crippen LogP contribution in [-0.4, -0.2) is 25.8 Å². The number of benzene rings is 2. The second-order valence-corrected chi connectivity index (χ2v) is 7.50. The fourth-order valence-electron chi connectivity index (χ4n) is 2.65. The lowest BCUT2D eigenvalue weighted by Crippen LogP contribution is -2.14. The molecular formula is C20H21N3OS. The number of Topliss-reactive ketones (excluding diaryl/α,β-unsaturated/α-hetero) is 1. The number of aryl methyl sites for hydroxylation is 3. The van der Waals surface area contributed by atoms with Crippen LogP contribution in [0.3, 0.4) is 0 Å². The van der Waals surface area contributed by atoms with Crippen LogP contribution in [0, 0.1) is 20.8 Å². The number of hydrogen-bond acceptors (Lipinski definition) is 4. The maximum absolute atomic E-state index is 12.7. The maximum Gasteiger partial charge on any atom is 0.196 e. The molecular weight excluding hydrogens is 330 g/mol. The zero-order valence-corrected chi connectivity index (χ0v) is 15.7. The van der Waals surface area contributed by atoms with E-state index < -0.39 is 0 Å². The first-order valence-electron chi connectivity index (χ1n) is 8.22. The molecule has 0 aliphatic carbocycles. The van der Waals surface area contributed by atoms with E-state index in [4.69, 9.17) is 0 Å². The summed E-state index contributed by atoms with van der Waals surface area (Å²) >= 11 is 1.44. The molecule has 0 fully saturated rings. The third kappa shape index (κ3) is 3.82. The third-order valence-corrected chi connectivity index (χ3v) is 5.09. The minimum atomic E-state index is -0.241. The molecule has 0 amide bonds. The normalized spacial score (nSPS) is 12.2. The molecule has 4 nitrogen and oxygen atoms in total. The highest BCUT2D eigenvalue weighted by molar-refractivity contribution is 8.00. The van der Waals surface area contributed by atoms with E-state index in [1.54, 1.807) is 0 Å². The van der Waals surface area contributed by atoms with Crippen LogP contribution in [0.2, 0.25) is 0 Å². The van der Waals surface area contributed by atoms with Crippen molar-refractivity contribution in [3.63, 3.8) is 0 Å². The molecule has 3 rings (SSSR count). The summed E-state index contributed by atoms with van der Waals surface area (Å²) < 4.78 is 2.00. The van der Waals surface area contributed by atoms with Gasteiger partial charge >= 0.3 is 0 Å². The van der Waals surface area contributed by atoms with Crippen LogP contribution in [0.15, 0.2) is 53.7 Å². The molecule has 0 bridgehead atoms. The van der Waals surface area contributed by atoms with Crippen LogP contribution >= 0.6 is 11.8 Å². The van der Waals surface area contributed by atoms with E-state index >= 15 is 0 Å². The molecule has 1 atom stereocenters. The first kappa shape index (κ1) is 17.4. The minimum Gasteiger partial charge on any atom is -0.293 e. The fraction of sp³-hybridized carbons (Fsp3) is 0.250. The maximum atomic E-state index is 12.7. The second kappa shape index (κ2) is 7.23. The highest BCUT2D eigenvalue weighted by Crippen LogP contribution is 2.27. The van der Waals surface area contributed by atoms with Gasteiger partial charge in [-0.05, 0) is 45.4 Å². The predicted octanol–water partition coefficient (Wildman–Crippen LogP) is 4.56. The number of nitrogens with zero attached hydrogens (tertiary/aromatic N) is 3. The standard InChI is InChI=1S/C20H21N3OS/c1-13-8-10-17(11-9-13)19(24)15(3)25-20-22-21-16(4)23(20)18-7-5-6-14(2)12-18/h5-12,15H,1-4H3/t15-/m1/s1. The summed E-state index contributed by atoms with van der Waals surface area (Å²) in [6, 6.07) is 15.9. The van der Waals surface area contributed by atoms with Crippen LogP contribution in [-0.2, 0) is 0 Å².